The molecule has 0 saturated carbocycles. The van der Waals surface area contributed by atoms with Crippen molar-refractivity contribution in [2.75, 3.05) is 16.8 Å². The molecule has 0 saturated heterocycles. The zero-order valence-corrected chi connectivity index (χ0v) is 15.4. The van der Waals surface area contributed by atoms with E-state index in [2.05, 4.69) is 10.6 Å². The average Bonchev–Trinajstić information content (AvgIpc) is 3.09. The fourth-order valence-corrected chi connectivity index (χ4v) is 3.14. The smallest absolute Gasteiger partial charge is 0.230 e. The Morgan fingerprint density at radius 3 is 2.52 bits per heavy atom. The molecule has 1 heterocycles. The highest BCUT2D eigenvalue weighted by Crippen LogP contribution is 2.19. The van der Waals surface area contributed by atoms with E-state index in [1.807, 2.05) is 38.1 Å². The van der Waals surface area contributed by atoms with Crippen molar-refractivity contribution in [2.24, 2.45) is 0 Å². The summed E-state index contributed by atoms with van der Waals surface area (Å²) in [6.45, 7) is 4.38. The topological polar surface area (TPSA) is 71.3 Å². The number of hydrogen-bond donors (Lipinski definition) is 2. The molecule has 1 aromatic carbocycles. The number of anilines is 1. The Morgan fingerprint density at radius 2 is 1.84 bits per heavy atom. The van der Waals surface area contributed by atoms with Crippen LogP contribution in [-0.4, -0.2) is 23.3 Å². The number of aryl methyl sites for hydroxylation is 2. The SMILES string of the molecule is Cc1cccc(C)c1NC(=O)CCCSCC(=O)NCc1ccco1. The standard InChI is InChI=1S/C19H24N2O3S/c1-14-6-3-7-15(2)19(14)21-17(22)9-5-11-25-13-18(23)20-12-16-8-4-10-24-16/h3-4,6-8,10H,5,9,11-13H2,1-2H3,(H,20,23)(H,21,22). The van der Waals surface area contributed by atoms with Gasteiger partial charge in [0, 0.05) is 12.1 Å². The molecular weight excluding hydrogens is 336 g/mol. The van der Waals surface area contributed by atoms with Gasteiger partial charge in [0.25, 0.3) is 0 Å². The molecular formula is C19H24N2O3S. The van der Waals surface area contributed by atoms with Gasteiger partial charge in [-0.3, -0.25) is 9.59 Å². The van der Waals surface area contributed by atoms with E-state index >= 15 is 0 Å². The first-order chi connectivity index (χ1) is 12.1. The quantitative estimate of drug-likeness (QED) is 0.670. The predicted molar refractivity (Wildman–Crippen MR) is 102 cm³/mol. The molecule has 2 N–H and O–H groups in total. The van der Waals surface area contributed by atoms with Gasteiger partial charge >= 0.3 is 0 Å². The molecule has 2 aromatic rings. The number of furan rings is 1. The number of rotatable bonds is 9. The summed E-state index contributed by atoms with van der Waals surface area (Å²) in [4.78, 5) is 23.7. The molecule has 0 aliphatic rings. The zero-order chi connectivity index (χ0) is 18.1. The lowest BCUT2D eigenvalue weighted by Crippen LogP contribution is -2.24. The molecule has 1 aromatic heterocycles. The minimum Gasteiger partial charge on any atom is -0.467 e. The molecule has 5 nitrogen and oxygen atoms in total. The molecule has 25 heavy (non-hydrogen) atoms. The van der Waals surface area contributed by atoms with Gasteiger partial charge in [-0.15, -0.1) is 0 Å². The molecule has 2 rings (SSSR count). The van der Waals surface area contributed by atoms with E-state index < -0.39 is 0 Å². The number of nitrogens with one attached hydrogen (secondary N) is 2. The van der Waals surface area contributed by atoms with Crippen molar-refractivity contribution in [3.05, 3.63) is 53.5 Å². The van der Waals surface area contributed by atoms with Crippen molar-refractivity contribution in [1.29, 1.82) is 0 Å². The van der Waals surface area contributed by atoms with Gasteiger partial charge in [0.1, 0.15) is 5.76 Å². The van der Waals surface area contributed by atoms with Crippen LogP contribution in [-0.2, 0) is 16.1 Å². The summed E-state index contributed by atoms with van der Waals surface area (Å²) in [6, 6.07) is 9.56. The van der Waals surface area contributed by atoms with Crippen LogP contribution in [0.4, 0.5) is 5.69 Å². The molecule has 6 heteroatoms. The number of benzene rings is 1. The van der Waals surface area contributed by atoms with Crippen molar-refractivity contribution in [2.45, 2.75) is 33.2 Å². The van der Waals surface area contributed by atoms with Crippen LogP contribution < -0.4 is 10.6 Å². The summed E-state index contributed by atoms with van der Waals surface area (Å²) in [6.07, 6.45) is 2.78. The monoisotopic (exact) mass is 360 g/mol. The van der Waals surface area contributed by atoms with Crippen LogP contribution in [0.3, 0.4) is 0 Å². The summed E-state index contributed by atoms with van der Waals surface area (Å²) in [5.41, 5.74) is 3.03. The first-order valence-corrected chi connectivity index (χ1v) is 9.44. The third-order valence-corrected chi connectivity index (χ3v) is 4.75. The summed E-state index contributed by atoms with van der Waals surface area (Å²) >= 11 is 1.53. The maximum absolute atomic E-state index is 12.0. The number of carbonyl (C=O) groups excluding carboxylic acids is 2. The van der Waals surface area contributed by atoms with Gasteiger partial charge in [-0.2, -0.15) is 11.8 Å². The van der Waals surface area contributed by atoms with Gasteiger partial charge in [0.15, 0.2) is 0 Å². The highest BCUT2D eigenvalue weighted by molar-refractivity contribution is 7.99. The van der Waals surface area contributed by atoms with Crippen LogP contribution in [0.15, 0.2) is 41.0 Å². The largest absolute Gasteiger partial charge is 0.467 e. The fraction of sp³-hybridized carbons (Fsp3) is 0.368. The first-order valence-electron chi connectivity index (χ1n) is 8.29. The zero-order valence-electron chi connectivity index (χ0n) is 14.6. The van der Waals surface area contributed by atoms with Crippen LogP contribution in [0.25, 0.3) is 0 Å². The van der Waals surface area contributed by atoms with Crippen molar-refractivity contribution < 1.29 is 14.0 Å². The Morgan fingerprint density at radius 1 is 1.08 bits per heavy atom. The molecule has 134 valence electrons. The van der Waals surface area contributed by atoms with Crippen molar-refractivity contribution in [3.63, 3.8) is 0 Å². The Labute approximate surface area is 152 Å². The van der Waals surface area contributed by atoms with E-state index in [4.69, 9.17) is 4.42 Å². The van der Waals surface area contributed by atoms with Gasteiger partial charge in [0.05, 0.1) is 18.6 Å². The highest BCUT2D eigenvalue weighted by Gasteiger charge is 2.08. The molecule has 0 aliphatic heterocycles. The van der Waals surface area contributed by atoms with E-state index in [0.29, 0.717) is 18.7 Å². The minimum absolute atomic E-state index is 0.0141. The van der Waals surface area contributed by atoms with Crippen LogP contribution in [0.2, 0.25) is 0 Å². The van der Waals surface area contributed by atoms with Crippen molar-refractivity contribution >= 4 is 29.3 Å². The lowest BCUT2D eigenvalue weighted by molar-refractivity contribution is -0.119. The summed E-state index contributed by atoms with van der Waals surface area (Å²) in [5, 5.41) is 5.77. The number of para-hydroxylation sites is 1. The second-order valence-corrected chi connectivity index (χ2v) is 6.93. The molecule has 2 amide bonds. The summed E-state index contributed by atoms with van der Waals surface area (Å²) < 4.78 is 5.15. The highest BCUT2D eigenvalue weighted by atomic mass is 32.2. The van der Waals surface area contributed by atoms with Crippen LogP contribution >= 0.6 is 11.8 Å². The molecule has 0 fully saturated rings. The molecule has 0 atom stereocenters. The first kappa shape index (κ1) is 19.1. The minimum atomic E-state index is -0.0265. The van der Waals surface area contributed by atoms with Crippen LogP contribution in [0.1, 0.15) is 29.7 Å². The van der Waals surface area contributed by atoms with Gasteiger partial charge in [-0.25, -0.2) is 0 Å². The number of hydrogen-bond acceptors (Lipinski definition) is 4. The van der Waals surface area contributed by atoms with Gasteiger partial charge in [-0.05, 0) is 49.3 Å². The predicted octanol–water partition coefficient (Wildman–Crippen LogP) is 3.66. The average molecular weight is 360 g/mol. The van der Waals surface area contributed by atoms with E-state index in [-0.39, 0.29) is 11.8 Å². The molecule has 0 bridgehead atoms. The second-order valence-electron chi connectivity index (χ2n) is 5.83. The Balaban J connectivity index is 1.58. The third-order valence-electron chi connectivity index (χ3n) is 3.71. The summed E-state index contributed by atoms with van der Waals surface area (Å²) in [7, 11) is 0. The lowest BCUT2D eigenvalue weighted by atomic mass is 10.1. The molecule has 0 aliphatic carbocycles. The van der Waals surface area contributed by atoms with E-state index in [1.54, 1.807) is 12.3 Å². The number of thioether (sulfide) groups is 1. The fourth-order valence-electron chi connectivity index (χ4n) is 2.36. The maximum atomic E-state index is 12.0. The van der Waals surface area contributed by atoms with E-state index in [0.717, 1.165) is 34.7 Å². The Bertz CT molecular complexity index is 678. The summed E-state index contributed by atoms with van der Waals surface area (Å²) in [5.74, 6) is 1.89. The van der Waals surface area contributed by atoms with E-state index in [9.17, 15) is 9.59 Å². The second kappa shape index (κ2) is 9.93. The molecule has 0 radical (unpaired) electrons. The van der Waals surface area contributed by atoms with Crippen molar-refractivity contribution in [3.8, 4) is 0 Å². The normalized spacial score (nSPS) is 10.5. The van der Waals surface area contributed by atoms with E-state index in [1.165, 1.54) is 11.8 Å². The molecule has 0 spiro atoms. The molecule has 0 unspecified atom stereocenters. The Hall–Kier alpha value is -2.21. The van der Waals surface area contributed by atoms with Crippen LogP contribution in [0.5, 0.6) is 0 Å². The van der Waals surface area contributed by atoms with Crippen LogP contribution in [0, 0.1) is 13.8 Å². The lowest BCUT2D eigenvalue weighted by Gasteiger charge is -2.11. The maximum Gasteiger partial charge on any atom is 0.230 e. The van der Waals surface area contributed by atoms with Crippen molar-refractivity contribution in [1.82, 2.24) is 5.32 Å². The van der Waals surface area contributed by atoms with Gasteiger partial charge in [0.2, 0.25) is 11.8 Å². The number of amides is 2. The number of carbonyl (C=O) groups is 2. The van der Waals surface area contributed by atoms with Gasteiger partial charge in [-0.1, -0.05) is 18.2 Å². The third kappa shape index (κ3) is 6.66. The van der Waals surface area contributed by atoms with Gasteiger partial charge < -0.3 is 15.1 Å². The Kier molecular flexibility index (Phi) is 7.60.